The number of methoxy groups -OCH3 is 1. The molecule has 7 nitrogen and oxygen atoms in total. The minimum absolute atomic E-state index is 0.177. The normalized spacial score (nSPS) is 9.71. The van der Waals surface area contributed by atoms with Gasteiger partial charge in [0.25, 0.3) is 5.91 Å². The lowest BCUT2D eigenvalue weighted by Gasteiger charge is -2.07. The van der Waals surface area contributed by atoms with E-state index in [1.165, 1.54) is 19.2 Å². The van der Waals surface area contributed by atoms with Crippen LogP contribution in [0.15, 0.2) is 18.2 Å². The van der Waals surface area contributed by atoms with Gasteiger partial charge < -0.3 is 15.6 Å². The molecule has 0 atom stereocenters. The monoisotopic (exact) mass is 240 g/mol. The maximum absolute atomic E-state index is 11.5. The molecule has 0 fully saturated rings. The summed E-state index contributed by atoms with van der Waals surface area (Å²) in [6, 6.07) is 4.49. The van der Waals surface area contributed by atoms with Gasteiger partial charge in [0.1, 0.15) is 5.75 Å². The van der Waals surface area contributed by atoms with Gasteiger partial charge in [-0.1, -0.05) is 0 Å². The van der Waals surface area contributed by atoms with Crippen molar-refractivity contribution in [3.8, 4) is 5.75 Å². The molecule has 0 heterocycles. The Labute approximate surface area is 97.1 Å². The van der Waals surface area contributed by atoms with Crippen LogP contribution in [-0.4, -0.2) is 30.7 Å². The number of benzene rings is 1. The van der Waals surface area contributed by atoms with Gasteiger partial charge in [0.15, 0.2) is 6.61 Å². The van der Waals surface area contributed by atoms with Crippen LogP contribution in [0.3, 0.4) is 0 Å². The SMILES string of the molecule is COc1ccc(C(=O)NOCC(=O)O)c(N)c1. The number of carbonyl (C=O) groups excluding carboxylic acids is 1. The molecule has 0 aliphatic rings. The highest BCUT2D eigenvalue weighted by Gasteiger charge is 2.11. The molecule has 17 heavy (non-hydrogen) atoms. The first-order valence-electron chi connectivity index (χ1n) is 4.62. The third-order valence-electron chi connectivity index (χ3n) is 1.86. The Balaban J connectivity index is 2.66. The van der Waals surface area contributed by atoms with Crippen molar-refractivity contribution in [2.75, 3.05) is 19.5 Å². The van der Waals surface area contributed by atoms with Crippen molar-refractivity contribution < 1.29 is 24.3 Å². The number of ether oxygens (including phenoxy) is 1. The zero-order chi connectivity index (χ0) is 12.8. The summed E-state index contributed by atoms with van der Waals surface area (Å²) in [4.78, 5) is 26.1. The number of carboxylic acids is 1. The van der Waals surface area contributed by atoms with Crippen LogP contribution in [-0.2, 0) is 9.63 Å². The summed E-state index contributed by atoms with van der Waals surface area (Å²) < 4.78 is 4.92. The van der Waals surface area contributed by atoms with Crippen molar-refractivity contribution in [3.05, 3.63) is 23.8 Å². The molecular weight excluding hydrogens is 228 g/mol. The number of amides is 1. The number of hydrogen-bond donors (Lipinski definition) is 3. The van der Waals surface area contributed by atoms with Gasteiger partial charge in [0, 0.05) is 11.8 Å². The summed E-state index contributed by atoms with van der Waals surface area (Å²) in [6.45, 7) is -0.623. The topological polar surface area (TPSA) is 111 Å². The number of carbonyl (C=O) groups is 2. The largest absolute Gasteiger partial charge is 0.497 e. The van der Waals surface area contributed by atoms with E-state index in [0.717, 1.165) is 0 Å². The molecular formula is C10H12N2O5. The lowest BCUT2D eigenvalue weighted by atomic mass is 10.1. The summed E-state index contributed by atoms with van der Waals surface area (Å²) in [5, 5.41) is 8.30. The van der Waals surface area contributed by atoms with Crippen molar-refractivity contribution in [1.29, 1.82) is 0 Å². The minimum Gasteiger partial charge on any atom is -0.497 e. The van der Waals surface area contributed by atoms with Crippen molar-refractivity contribution in [3.63, 3.8) is 0 Å². The van der Waals surface area contributed by atoms with Gasteiger partial charge in [0.05, 0.1) is 12.7 Å². The molecule has 0 radical (unpaired) electrons. The Morgan fingerprint density at radius 1 is 1.47 bits per heavy atom. The molecule has 4 N–H and O–H groups in total. The molecule has 0 saturated carbocycles. The highest BCUT2D eigenvalue weighted by atomic mass is 16.7. The van der Waals surface area contributed by atoms with Crippen LogP contribution in [0, 0.1) is 0 Å². The molecule has 0 saturated heterocycles. The summed E-state index contributed by atoms with van der Waals surface area (Å²) in [6.07, 6.45) is 0. The molecule has 0 aliphatic carbocycles. The fourth-order valence-electron chi connectivity index (χ4n) is 1.09. The standard InChI is InChI=1S/C10H12N2O5/c1-16-6-2-3-7(8(11)4-6)10(15)12-17-5-9(13)14/h2-4H,5,11H2,1H3,(H,12,15)(H,13,14). The Morgan fingerprint density at radius 3 is 2.71 bits per heavy atom. The molecule has 1 aromatic rings. The molecule has 0 bridgehead atoms. The number of nitrogens with two attached hydrogens (primary N) is 1. The van der Waals surface area contributed by atoms with Crippen LogP contribution in [0.1, 0.15) is 10.4 Å². The average molecular weight is 240 g/mol. The van der Waals surface area contributed by atoms with Gasteiger partial charge in [-0.25, -0.2) is 10.3 Å². The lowest BCUT2D eigenvalue weighted by molar-refractivity contribution is -0.144. The van der Waals surface area contributed by atoms with E-state index in [2.05, 4.69) is 4.84 Å². The van der Waals surface area contributed by atoms with Crippen molar-refractivity contribution >= 4 is 17.6 Å². The molecule has 7 heteroatoms. The Hall–Kier alpha value is -2.28. The van der Waals surface area contributed by atoms with Gasteiger partial charge >= 0.3 is 5.97 Å². The minimum atomic E-state index is -1.19. The van der Waals surface area contributed by atoms with Crippen molar-refractivity contribution in [2.45, 2.75) is 0 Å². The van der Waals surface area contributed by atoms with Crippen molar-refractivity contribution in [2.24, 2.45) is 0 Å². The van der Waals surface area contributed by atoms with E-state index in [0.29, 0.717) is 5.75 Å². The number of nitrogens with one attached hydrogen (secondary N) is 1. The second kappa shape index (κ2) is 5.71. The van der Waals surface area contributed by atoms with Crippen LogP contribution in [0.4, 0.5) is 5.69 Å². The fraction of sp³-hybridized carbons (Fsp3) is 0.200. The third-order valence-corrected chi connectivity index (χ3v) is 1.86. The molecule has 1 aromatic carbocycles. The van der Waals surface area contributed by atoms with Gasteiger partial charge in [0.2, 0.25) is 0 Å². The number of rotatable bonds is 5. The molecule has 1 amide bonds. The first kappa shape index (κ1) is 12.8. The average Bonchev–Trinajstić information content (AvgIpc) is 2.28. The summed E-state index contributed by atoms with van der Waals surface area (Å²) >= 11 is 0. The van der Waals surface area contributed by atoms with E-state index in [4.69, 9.17) is 15.6 Å². The van der Waals surface area contributed by atoms with Gasteiger partial charge in [-0.2, -0.15) is 0 Å². The molecule has 92 valence electrons. The van der Waals surface area contributed by atoms with Crippen molar-refractivity contribution in [1.82, 2.24) is 5.48 Å². The highest BCUT2D eigenvalue weighted by molar-refractivity contribution is 5.98. The van der Waals surface area contributed by atoms with Crippen LogP contribution in [0.25, 0.3) is 0 Å². The zero-order valence-electron chi connectivity index (χ0n) is 9.10. The molecule has 0 spiro atoms. The van der Waals surface area contributed by atoms with Crippen LogP contribution in [0.2, 0.25) is 0 Å². The van der Waals surface area contributed by atoms with Gasteiger partial charge in [-0.3, -0.25) is 9.63 Å². The first-order chi connectivity index (χ1) is 8.04. The highest BCUT2D eigenvalue weighted by Crippen LogP contribution is 2.19. The lowest BCUT2D eigenvalue weighted by Crippen LogP contribution is -2.27. The van der Waals surface area contributed by atoms with E-state index < -0.39 is 18.5 Å². The number of aliphatic carboxylic acids is 1. The quantitative estimate of drug-likeness (QED) is 0.494. The number of anilines is 1. The van der Waals surface area contributed by atoms with Crippen LogP contribution in [0.5, 0.6) is 5.75 Å². The first-order valence-corrected chi connectivity index (χ1v) is 4.62. The smallest absolute Gasteiger partial charge is 0.332 e. The molecule has 0 aliphatic heterocycles. The second-order valence-corrected chi connectivity index (χ2v) is 3.07. The Bertz CT molecular complexity index is 433. The fourth-order valence-corrected chi connectivity index (χ4v) is 1.09. The Morgan fingerprint density at radius 2 is 2.18 bits per heavy atom. The second-order valence-electron chi connectivity index (χ2n) is 3.07. The Kier molecular flexibility index (Phi) is 4.29. The predicted octanol–water partition coefficient (Wildman–Crippen LogP) is 0.0234. The van der Waals surface area contributed by atoms with Crippen LogP contribution < -0.4 is 16.0 Å². The molecule has 0 unspecified atom stereocenters. The van der Waals surface area contributed by atoms with Gasteiger partial charge in [-0.15, -0.1) is 0 Å². The van der Waals surface area contributed by atoms with E-state index in [1.54, 1.807) is 6.07 Å². The van der Waals surface area contributed by atoms with E-state index in [1.807, 2.05) is 5.48 Å². The number of nitrogen functional groups attached to an aromatic ring is 1. The van der Waals surface area contributed by atoms with Gasteiger partial charge in [-0.05, 0) is 12.1 Å². The number of hydrogen-bond acceptors (Lipinski definition) is 5. The zero-order valence-corrected chi connectivity index (χ0v) is 9.10. The van der Waals surface area contributed by atoms with Crippen LogP contribution >= 0.6 is 0 Å². The maximum atomic E-state index is 11.5. The summed E-state index contributed by atoms with van der Waals surface area (Å²) in [5.74, 6) is -1.29. The summed E-state index contributed by atoms with van der Waals surface area (Å²) in [5.41, 5.74) is 7.97. The molecule has 0 aromatic heterocycles. The van der Waals surface area contributed by atoms with E-state index >= 15 is 0 Å². The van der Waals surface area contributed by atoms with E-state index in [9.17, 15) is 9.59 Å². The predicted molar refractivity (Wildman–Crippen MR) is 58.5 cm³/mol. The summed E-state index contributed by atoms with van der Waals surface area (Å²) in [7, 11) is 1.48. The maximum Gasteiger partial charge on any atom is 0.332 e. The third kappa shape index (κ3) is 3.65. The van der Waals surface area contributed by atoms with E-state index in [-0.39, 0.29) is 11.3 Å². The number of hydroxylamine groups is 1. The molecule has 1 rings (SSSR count). The number of carboxylic acid groups (broad SMARTS) is 1.